The molecule has 1 aromatic heterocycles. The molecule has 6 nitrogen and oxygen atoms in total. The van der Waals surface area contributed by atoms with Gasteiger partial charge in [-0.3, -0.25) is 0 Å². The molecule has 0 aliphatic carbocycles. The summed E-state index contributed by atoms with van der Waals surface area (Å²) in [5.41, 5.74) is 1.95. The van der Waals surface area contributed by atoms with Gasteiger partial charge in [-0.2, -0.15) is 0 Å². The van der Waals surface area contributed by atoms with Crippen LogP contribution < -0.4 is 14.2 Å². The number of aliphatic hydroxyl groups excluding tert-OH is 1. The van der Waals surface area contributed by atoms with E-state index in [1.165, 1.54) is 24.3 Å². The van der Waals surface area contributed by atoms with Crippen LogP contribution in [-0.2, 0) is 6.54 Å². The number of imidazole rings is 1. The van der Waals surface area contributed by atoms with Crippen molar-refractivity contribution in [1.82, 2.24) is 9.55 Å². The van der Waals surface area contributed by atoms with Gasteiger partial charge in [0.2, 0.25) is 0 Å². The fourth-order valence-electron chi connectivity index (χ4n) is 3.18. The highest BCUT2D eigenvalue weighted by Crippen LogP contribution is 2.35. The quantitative estimate of drug-likeness (QED) is 0.730. The number of rotatable bonds is 4. The number of benzene rings is 2. The van der Waals surface area contributed by atoms with Crippen LogP contribution in [0.3, 0.4) is 0 Å². The number of aryl methyl sites for hydroxylation is 1. The molecule has 0 amide bonds. The first-order valence-corrected chi connectivity index (χ1v) is 8.60. The first-order chi connectivity index (χ1) is 13.3. The van der Waals surface area contributed by atoms with Gasteiger partial charge in [-0.05, 0) is 24.6 Å². The predicted octanol–water partition coefficient (Wildman–Crippen LogP) is 3.75. The summed E-state index contributed by atoms with van der Waals surface area (Å²) in [6.07, 6.45) is -5.69. The number of nitrogens with zero attached hydrogens (tertiary/aromatic N) is 2. The molecule has 148 valence electrons. The van der Waals surface area contributed by atoms with Crippen LogP contribution in [0.4, 0.5) is 13.2 Å². The first kappa shape index (κ1) is 18.4. The van der Waals surface area contributed by atoms with E-state index in [-0.39, 0.29) is 12.3 Å². The van der Waals surface area contributed by atoms with Crippen molar-refractivity contribution in [2.24, 2.45) is 0 Å². The highest BCUT2D eigenvalue weighted by Gasteiger charge is 2.31. The fourth-order valence-corrected chi connectivity index (χ4v) is 3.18. The molecule has 2 aromatic carbocycles. The second-order valence-corrected chi connectivity index (χ2v) is 6.39. The predicted molar refractivity (Wildman–Crippen MR) is 93.5 cm³/mol. The summed E-state index contributed by atoms with van der Waals surface area (Å²) in [5.74, 6) is 1.59. The van der Waals surface area contributed by atoms with Crippen LogP contribution in [0, 0.1) is 6.92 Å². The van der Waals surface area contributed by atoms with E-state index in [1.807, 2.05) is 17.6 Å². The van der Waals surface area contributed by atoms with Crippen molar-refractivity contribution >= 4 is 11.0 Å². The van der Waals surface area contributed by atoms with Crippen LogP contribution in [0.1, 0.15) is 17.5 Å². The van der Waals surface area contributed by atoms with Gasteiger partial charge in [-0.15, -0.1) is 13.2 Å². The normalized spacial score (nSPS) is 14.9. The second kappa shape index (κ2) is 6.90. The molecule has 1 aliphatic heterocycles. The number of hydrogen-bond donors (Lipinski definition) is 1. The van der Waals surface area contributed by atoms with E-state index < -0.39 is 12.5 Å². The van der Waals surface area contributed by atoms with E-state index in [2.05, 4.69) is 9.72 Å². The van der Waals surface area contributed by atoms with E-state index in [4.69, 9.17) is 9.47 Å². The molecular weight excluding hydrogens is 377 g/mol. The van der Waals surface area contributed by atoms with E-state index in [1.54, 1.807) is 6.07 Å². The van der Waals surface area contributed by atoms with Gasteiger partial charge in [0.1, 0.15) is 24.8 Å². The lowest BCUT2D eigenvalue weighted by Gasteiger charge is -2.19. The smallest absolute Gasteiger partial charge is 0.486 e. The molecule has 0 saturated heterocycles. The molecule has 9 heteroatoms. The minimum Gasteiger partial charge on any atom is -0.486 e. The molecule has 3 aromatic rings. The summed E-state index contributed by atoms with van der Waals surface area (Å²) in [5, 5.41) is 10.6. The van der Waals surface area contributed by atoms with E-state index in [9.17, 15) is 18.3 Å². The Morgan fingerprint density at radius 1 is 1.14 bits per heavy atom. The van der Waals surface area contributed by atoms with E-state index in [0.717, 1.165) is 5.52 Å². The largest absolute Gasteiger partial charge is 0.573 e. The maximum Gasteiger partial charge on any atom is 0.573 e. The van der Waals surface area contributed by atoms with E-state index >= 15 is 0 Å². The maximum absolute atomic E-state index is 12.3. The van der Waals surface area contributed by atoms with Crippen molar-refractivity contribution in [2.75, 3.05) is 13.2 Å². The molecule has 1 aliphatic rings. The Hall–Kier alpha value is -2.94. The van der Waals surface area contributed by atoms with Crippen LogP contribution >= 0.6 is 0 Å². The van der Waals surface area contributed by atoms with Crippen LogP contribution in [0.25, 0.3) is 11.0 Å². The number of ether oxygens (including phenoxy) is 3. The molecule has 1 atom stereocenters. The van der Waals surface area contributed by atoms with Crippen molar-refractivity contribution in [3.63, 3.8) is 0 Å². The standard InChI is InChI=1S/C19H17F3N2O4/c1-11-23-14-8-17-18(27-7-6-26-17)9-15(14)24(11)10-16(25)12-2-4-13(5-3-12)28-19(20,21)22/h2-5,8-9,16,25H,6-7,10H2,1H3/t16-/m0/s1. The third-order valence-electron chi connectivity index (χ3n) is 4.46. The summed E-state index contributed by atoms with van der Waals surface area (Å²) < 4.78 is 53.6. The van der Waals surface area contributed by atoms with Gasteiger partial charge in [0.05, 0.1) is 23.7 Å². The number of fused-ring (bicyclic) bond motifs is 2. The lowest BCUT2D eigenvalue weighted by Crippen LogP contribution is -2.17. The molecule has 2 heterocycles. The van der Waals surface area contributed by atoms with Gasteiger partial charge in [0.15, 0.2) is 11.5 Å². The van der Waals surface area contributed by atoms with Crippen LogP contribution in [0.2, 0.25) is 0 Å². The van der Waals surface area contributed by atoms with Gasteiger partial charge >= 0.3 is 6.36 Å². The number of halogens is 3. The Labute approximate surface area is 158 Å². The molecule has 0 fully saturated rings. The van der Waals surface area contributed by atoms with Crippen molar-refractivity contribution in [2.45, 2.75) is 25.9 Å². The highest BCUT2D eigenvalue weighted by molar-refractivity contribution is 5.80. The second-order valence-electron chi connectivity index (χ2n) is 6.39. The summed E-state index contributed by atoms with van der Waals surface area (Å²) in [4.78, 5) is 4.49. The van der Waals surface area contributed by atoms with Gasteiger partial charge in [0.25, 0.3) is 0 Å². The molecule has 0 bridgehead atoms. The molecule has 0 saturated carbocycles. The molecule has 0 spiro atoms. The van der Waals surface area contributed by atoms with Crippen molar-refractivity contribution in [3.05, 3.63) is 47.8 Å². The van der Waals surface area contributed by atoms with E-state index in [0.29, 0.717) is 41.6 Å². The summed E-state index contributed by atoms with van der Waals surface area (Å²) >= 11 is 0. The molecule has 0 unspecified atom stereocenters. The van der Waals surface area contributed by atoms with Crippen LogP contribution in [0.5, 0.6) is 17.2 Å². The number of hydrogen-bond acceptors (Lipinski definition) is 5. The zero-order valence-corrected chi connectivity index (χ0v) is 14.9. The van der Waals surface area contributed by atoms with Gasteiger partial charge < -0.3 is 23.9 Å². The van der Waals surface area contributed by atoms with Crippen molar-refractivity contribution < 1.29 is 32.5 Å². The molecule has 0 radical (unpaired) electrons. The van der Waals surface area contributed by atoms with Gasteiger partial charge in [0, 0.05) is 12.1 Å². The number of alkyl halides is 3. The Kier molecular flexibility index (Phi) is 4.54. The Bertz CT molecular complexity index is 999. The van der Waals surface area contributed by atoms with Gasteiger partial charge in [-0.25, -0.2) is 4.98 Å². The number of aliphatic hydroxyl groups is 1. The molecule has 28 heavy (non-hydrogen) atoms. The topological polar surface area (TPSA) is 65.7 Å². The van der Waals surface area contributed by atoms with Crippen LogP contribution in [-0.4, -0.2) is 34.2 Å². The fraction of sp³-hybridized carbons (Fsp3) is 0.316. The highest BCUT2D eigenvalue weighted by atomic mass is 19.4. The lowest BCUT2D eigenvalue weighted by molar-refractivity contribution is -0.274. The van der Waals surface area contributed by atoms with Crippen LogP contribution in [0.15, 0.2) is 36.4 Å². The molecule has 4 rings (SSSR count). The maximum atomic E-state index is 12.3. The Morgan fingerprint density at radius 2 is 1.79 bits per heavy atom. The minimum absolute atomic E-state index is 0.182. The van der Waals surface area contributed by atoms with Crippen molar-refractivity contribution in [3.8, 4) is 17.2 Å². The minimum atomic E-state index is -4.75. The van der Waals surface area contributed by atoms with Crippen molar-refractivity contribution in [1.29, 1.82) is 0 Å². The first-order valence-electron chi connectivity index (χ1n) is 8.60. The average Bonchev–Trinajstić information content (AvgIpc) is 2.93. The summed E-state index contributed by atoms with van der Waals surface area (Å²) in [7, 11) is 0. The number of aromatic nitrogens is 2. The van der Waals surface area contributed by atoms with Gasteiger partial charge in [-0.1, -0.05) is 12.1 Å². The lowest BCUT2D eigenvalue weighted by atomic mass is 10.1. The zero-order valence-electron chi connectivity index (χ0n) is 14.9. The monoisotopic (exact) mass is 394 g/mol. The average molecular weight is 394 g/mol. The third-order valence-corrected chi connectivity index (χ3v) is 4.46. The summed E-state index contributed by atoms with van der Waals surface area (Å²) in [6.45, 7) is 2.93. The third kappa shape index (κ3) is 3.70. The Balaban J connectivity index is 1.58. The SMILES string of the molecule is Cc1nc2cc3c(cc2n1C[C@H](O)c1ccc(OC(F)(F)F)cc1)OCCO3. The Morgan fingerprint density at radius 3 is 2.43 bits per heavy atom. The molecule has 1 N–H and O–H groups in total. The molecular formula is C19H17F3N2O4. The zero-order chi connectivity index (χ0) is 19.9. The summed E-state index contributed by atoms with van der Waals surface area (Å²) in [6, 6.07) is 8.76.